The summed E-state index contributed by atoms with van der Waals surface area (Å²) < 4.78 is 10.7. The number of nitrogens with one attached hydrogen (secondary N) is 2. The zero-order valence-corrected chi connectivity index (χ0v) is 20.6. The number of ether oxygens (including phenoxy) is 2. The van der Waals surface area contributed by atoms with Crippen molar-refractivity contribution in [1.29, 1.82) is 0 Å². The van der Waals surface area contributed by atoms with Gasteiger partial charge in [-0.25, -0.2) is 0 Å². The lowest BCUT2D eigenvalue weighted by Crippen LogP contribution is -2.45. The van der Waals surface area contributed by atoms with Gasteiger partial charge in [0, 0.05) is 49.2 Å². The van der Waals surface area contributed by atoms with Gasteiger partial charge in [-0.3, -0.25) is 9.59 Å². The normalized spacial score (nSPS) is 19.9. The summed E-state index contributed by atoms with van der Waals surface area (Å²) in [4.78, 5) is 29.0. The van der Waals surface area contributed by atoms with Crippen LogP contribution in [0.4, 0.5) is 17.1 Å². The maximum Gasteiger partial charge on any atom is 0.253 e. The molecule has 35 heavy (non-hydrogen) atoms. The molecule has 0 radical (unpaired) electrons. The van der Waals surface area contributed by atoms with Gasteiger partial charge < -0.3 is 29.9 Å². The standard InChI is InChI=1S/C26H28N4O4S/c1-4-18-5-7-19(8-6-18)27-26(35)30-15-21(33-3)14-23(30)25(32)28-22-10-9-20(13-17(22)2)29-11-12-34-16-24(29)31/h1,5-10,13,21,23H,11-12,14-16H2,2-3H3,(H,27,35)(H,28,32)/t21-,23-/m1/s1. The van der Waals surface area contributed by atoms with E-state index in [1.165, 1.54) is 0 Å². The van der Waals surface area contributed by atoms with Crippen LogP contribution >= 0.6 is 12.2 Å². The second kappa shape index (κ2) is 10.9. The quantitative estimate of drug-likeness (QED) is 0.491. The number of carbonyl (C=O) groups is 2. The van der Waals surface area contributed by atoms with Crippen LogP contribution in [0.3, 0.4) is 0 Å². The van der Waals surface area contributed by atoms with Crippen LogP contribution in [-0.4, -0.2) is 67.4 Å². The number of nitrogens with zero attached hydrogens (tertiary/aromatic N) is 2. The number of carbonyl (C=O) groups excluding carboxylic acids is 2. The van der Waals surface area contributed by atoms with E-state index >= 15 is 0 Å². The van der Waals surface area contributed by atoms with Crippen LogP contribution < -0.4 is 15.5 Å². The van der Waals surface area contributed by atoms with E-state index in [2.05, 4.69) is 16.6 Å². The Kier molecular flexibility index (Phi) is 7.66. The molecule has 4 rings (SSSR count). The van der Waals surface area contributed by atoms with Gasteiger partial charge in [0.05, 0.1) is 12.7 Å². The van der Waals surface area contributed by atoms with Crippen LogP contribution in [0.25, 0.3) is 0 Å². The smallest absolute Gasteiger partial charge is 0.253 e. The Morgan fingerprint density at radius 1 is 1.23 bits per heavy atom. The summed E-state index contributed by atoms with van der Waals surface area (Å²) >= 11 is 5.64. The highest BCUT2D eigenvalue weighted by Crippen LogP contribution is 2.27. The average Bonchev–Trinajstić information content (AvgIpc) is 3.31. The fourth-order valence-electron chi connectivity index (χ4n) is 4.25. The van der Waals surface area contributed by atoms with Gasteiger partial charge in [0.2, 0.25) is 5.91 Å². The molecule has 8 nitrogen and oxygen atoms in total. The Hall–Kier alpha value is -3.45. The molecule has 0 aromatic heterocycles. The maximum absolute atomic E-state index is 13.3. The first-order chi connectivity index (χ1) is 16.9. The number of hydrogen-bond acceptors (Lipinski definition) is 5. The molecule has 0 bridgehead atoms. The fraction of sp³-hybridized carbons (Fsp3) is 0.346. The Morgan fingerprint density at radius 2 is 2.00 bits per heavy atom. The Labute approximate surface area is 210 Å². The molecular weight excluding hydrogens is 464 g/mol. The van der Waals surface area contributed by atoms with Crippen LogP contribution in [0, 0.1) is 19.3 Å². The van der Waals surface area contributed by atoms with Gasteiger partial charge in [-0.15, -0.1) is 6.42 Å². The molecule has 2 aromatic carbocycles. The second-order valence-corrected chi connectivity index (χ2v) is 8.89. The molecule has 0 aliphatic carbocycles. The SMILES string of the molecule is C#Cc1ccc(NC(=S)N2C[C@H](OC)C[C@@H]2C(=O)Nc2ccc(N3CCOCC3=O)cc2C)cc1. The van der Waals surface area contributed by atoms with Crippen molar-refractivity contribution in [3.05, 3.63) is 53.6 Å². The largest absolute Gasteiger partial charge is 0.380 e. The van der Waals surface area contributed by atoms with Crippen LogP contribution in [0.15, 0.2) is 42.5 Å². The first-order valence-corrected chi connectivity index (χ1v) is 11.8. The van der Waals surface area contributed by atoms with Gasteiger partial charge in [0.15, 0.2) is 5.11 Å². The van der Waals surface area contributed by atoms with Crippen LogP contribution in [0.1, 0.15) is 17.5 Å². The van der Waals surface area contributed by atoms with Gasteiger partial charge in [0.1, 0.15) is 12.6 Å². The number of methoxy groups -OCH3 is 1. The number of benzene rings is 2. The molecule has 2 aliphatic rings. The molecule has 2 aliphatic heterocycles. The van der Waals surface area contributed by atoms with Gasteiger partial charge in [0.25, 0.3) is 5.91 Å². The molecule has 2 amide bonds. The summed E-state index contributed by atoms with van der Waals surface area (Å²) in [5.41, 5.74) is 3.90. The summed E-state index contributed by atoms with van der Waals surface area (Å²) in [5.74, 6) is 2.34. The lowest BCUT2D eigenvalue weighted by molar-refractivity contribution is -0.125. The molecular formula is C26H28N4O4S. The van der Waals surface area contributed by atoms with Crippen LogP contribution in [-0.2, 0) is 19.1 Å². The topological polar surface area (TPSA) is 83.1 Å². The highest BCUT2D eigenvalue weighted by Gasteiger charge is 2.38. The molecule has 2 fully saturated rings. The predicted octanol–water partition coefficient (Wildman–Crippen LogP) is 2.76. The third kappa shape index (κ3) is 5.62. The lowest BCUT2D eigenvalue weighted by Gasteiger charge is -2.28. The third-order valence-corrected chi connectivity index (χ3v) is 6.56. The van der Waals surface area contributed by atoms with Crippen molar-refractivity contribution in [2.24, 2.45) is 0 Å². The molecule has 2 aromatic rings. The summed E-state index contributed by atoms with van der Waals surface area (Å²) in [6, 6.07) is 12.4. The molecule has 2 N–H and O–H groups in total. The van der Waals surface area contributed by atoms with Crippen molar-refractivity contribution in [2.75, 3.05) is 48.9 Å². The molecule has 2 saturated heterocycles. The van der Waals surface area contributed by atoms with Gasteiger partial charge in [-0.2, -0.15) is 0 Å². The zero-order valence-electron chi connectivity index (χ0n) is 19.7. The zero-order chi connectivity index (χ0) is 24.9. The summed E-state index contributed by atoms with van der Waals surface area (Å²) in [6.07, 6.45) is 5.82. The van der Waals surface area contributed by atoms with Crippen molar-refractivity contribution < 1.29 is 19.1 Å². The molecule has 0 spiro atoms. The first-order valence-electron chi connectivity index (χ1n) is 11.4. The molecule has 2 heterocycles. The minimum atomic E-state index is -0.496. The number of amides is 2. The Bertz CT molecular complexity index is 1160. The van der Waals surface area contributed by atoms with Gasteiger partial charge in [-0.05, 0) is 67.2 Å². The number of morpholine rings is 1. The van der Waals surface area contributed by atoms with E-state index in [-0.39, 0.29) is 24.5 Å². The fourth-order valence-corrected chi connectivity index (χ4v) is 4.57. The molecule has 2 atom stereocenters. The summed E-state index contributed by atoms with van der Waals surface area (Å²) in [5, 5.41) is 6.66. The number of thiocarbonyl (C=S) groups is 1. The Morgan fingerprint density at radius 3 is 2.66 bits per heavy atom. The number of terminal acetylenes is 1. The minimum absolute atomic E-state index is 0.0745. The van der Waals surface area contributed by atoms with E-state index in [0.717, 1.165) is 22.5 Å². The van der Waals surface area contributed by atoms with E-state index in [0.29, 0.717) is 36.9 Å². The summed E-state index contributed by atoms with van der Waals surface area (Å²) in [7, 11) is 1.63. The average molecular weight is 493 g/mol. The van der Waals surface area contributed by atoms with E-state index < -0.39 is 6.04 Å². The maximum atomic E-state index is 13.3. The number of anilines is 3. The molecule has 0 unspecified atom stereocenters. The van der Waals surface area contributed by atoms with E-state index in [1.54, 1.807) is 12.0 Å². The first kappa shape index (κ1) is 24.7. The van der Waals surface area contributed by atoms with Crippen molar-refractivity contribution in [1.82, 2.24) is 4.90 Å². The number of aryl methyl sites for hydroxylation is 1. The minimum Gasteiger partial charge on any atom is -0.380 e. The molecule has 0 saturated carbocycles. The van der Waals surface area contributed by atoms with Crippen LogP contribution in [0.5, 0.6) is 0 Å². The highest BCUT2D eigenvalue weighted by molar-refractivity contribution is 7.80. The number of rotatable bonds is 5. The Balaban J connectivity index is 1.46. The van der Waals surface area contributed by atoms with Crippen molar-refractivity contribution in [3.8, 4) is 12.3 Å². The molecule has 9 heteroatoms. The number of hydrogen-bond donors (Lipinski definition) is 2. The van der Waals surface area contributed by atoms with Crippen LogP contribution in [0.2, 0.25) is 0 Å². The van der Waals surface area contributed by atoms with Crippen molar-refractivity contribution in [3.63, 3.8) is 0 Å². The monoisotopic (exact) mass is 492 g/mol. The second-order valence-electron chi connectivity index (χ2n) is 8.50. The van der Waals surface area contributed by atoms with Crippen molar-refractivity contribution >= 4 is 46.2 Å². The van der Waals surface area contributed by atoms with Gasteiger partial charge in [-0.1, -0.05) is 5.92 Å². The van der Waals surface area contributed by atoms with E-state index in [1.807, 2.05) is 54.3 Å². The molecule has 182 valence electrons. The summed E-state index contributed by atoms with van der Waals surface area (Å²) in [6.45, 7) is 3.50. The highest BCUT2D eigenvalue weighted by atomic mass is 32.1. The number of likely N-dealkylation sites (tertiary alicyclic amines) is 1. The van der Waals surface area contributed by atoms with Gasteiger partial charge >= 0.3 is 0 Å². The lowest BCUT2D eigenvalue weighted by atomic mass is 10.1. The van der Waals surface area contributed by atoms with Crippen molar-refractivity contribution in [2.45, 2.75) is 25.5 Å². The van der Waals surface area contributed by atoms with E-state index in [9.17, 15) is 9.59 Å². The predicted molar refractivity (Wildman–Crippen MR) is 139 cm³/mol. The van der Waals surface area contributed by atoms with E-state index in [4.69, 9.17) is 28.1 Å². The third-order valence-electron chi connectivity index (χ3n) is 6.23.